The van der Waals surface area contributed by atoms with Crippen LogP contribution in [0.1, 0.15) is 0 Å². The second kappa shape index (κ2) is 7.37. The van der Waals surface area contributed by atoms with E-state index in [1.165, 1.54) is 25.3 Å². The third-order valence-electron chi connectivity index (χ3n) is 3.66. The lowest BCUT2D eigenvalue weighted by atomic mass is 10.1. The molecule has 0 bridgehead atoms. The molecule has 1 aromatic heterocycles. The molecule has 0 aliphatic heterocycles. The van der Waals surface area contributed by atoms with Crippen molar-refractivity contribution in [3.05, 3.63) is 63.7 Å². The predicted molar refractivity (Wildman–Crippen MR) is 96.4 cm³/mol. The van der Waals surface area contributed by atoms with Gasteiger partial charge in [0, 0.05) is 34.2 Å². The SMILES string of the molecule is COC(=O)COc1cc(-c2cccc(Cl)c2)nc2ccc([N+](=O)[O-])cc12. The number of aromatic nitrogens is 1. The van der Waals surface area contributed by atoms with Crippen LogP contribution in [0.5, 0.6) is 5.75 Å². The minimum absolute atomic E-state index is 0.0993. The van der Waals surface area contributed by atoms with Crippen molar-refractivity contribution in [1.29, 1.82) is 0 Å². The molecule has 0 atom stereocenters. The van der Waals surface area contributed by atoms with E-state index in [2.05, 4.69) is 9.72 Å². The lowest BCUT2D eigenvalue weighted by molar-refractivity contribution is -0.384. The predicted octanol–water partition coefficient (Wildman–Crippen LogP) is 4.02. The van der Waals surface area contributed by atoms with Crippen LogP contribution in [0.15, 0.2) is 48.5 Å². The van der Waals surface area contributed by atoms with E-state index in [1.54, 1.807) is 24.3 Å². The van der Waals surface area contributed by atoms with E-state index in [-0.39, 0.29) is 12.3 Å². The van der Waals surface area contributed by atoms with Crippen LogP contribution < -0.4 is 4.74 Å². The Morgan fingerprint density at radius 3 is 2.73 bits per heavy atom. The van der Waals surface area contributed by atoms with Crippen molar-refractivity contribution in [3.63, 3.8) is 0 Å². The van der Waals surface area contributed by atoms with Gasteiger partial charge < -0.3 is 9.47 Å². The molecule has 0 aliphatic rings. The summed E-state index contributed by atoms with van der Waals surface area (Å²) in [4.78, 5) is 26.5. The number of rotatable bonds is 5. The Balaban J connectivity index is 2.15. The molecule has 0 saturated carbocycles. The van der Waals surface area contributed by atoms with Crippen LogP contribution in [0, 0.1) is 10.1 Å². The van der Waals surface area contributed by atoms with E-state index in [1.807, 2.05) is 6.07 Å². The Morgan fingerprint density at radius 1 is 1.23 bits per heavy atom. The molecule has 0 N–H and O–H groups in total. The zero-order valence-corrected chi connectivity index (χ0v) is 14.4. The summed E-state index contributed by atoms with van der Waals surface area (Å²) < 4.78 is 10.1. The molecular formula is C18H13ClN2O5. The average molecular weight is 373 g/mol. The molecule has 2 aromatic carbocycles. The van der Waals surface area contributed by atoms with Gasteiger partial charge in [0.05, 0.1) is 23.2 Å². The van der Waals surface area contributed by atoms with Gasteiger partial charge in [-0.3, -0.25) is 10.1 Å². The minimum Gasteiger partial charge on any atom is -0.481 e. The van der Waals surface area contributed by atoms with E-state index < -0.39 is 10.9 Å². The maximum atomic E-state index is 11.4. The first-order valence-electron chi connectivity index (χ1n) is 7.52. The van der Waals surface area contributed by atoms with Gasteiger partial charge in [-0.05, 0) is 18.2 Å². The average Bonchev–Trinajstić information content (AvgIpc) is 2.65. The first-order valence-corrected chi connectivity index (χ1v) is 7.90. The molecule has 8 heteroatoms. The van der Waals surface area contributed by atoms with E-state index in [4.69, 9.17) is 16.3 Å². The topological polar surface area (TPSA) is 91.6 Å². The van der Waals surface area contributed by atoms with Gasteiger partial charge >= 0.3 is 5.97 Å². The van der Waals surface area contributed by atoms with Gasteiger partial charge in [0.2, 0.25) is 0 Å². The molecule has 3 rings (SSSR count). The van der Waals surface area contributed by atoms with Crippen LogP contribution in [-0.4, -0.2) is 29.6 Å². The molecule has 7 nitrogen and oxygen atoms in total. The van der Waals surface area contributed by atoms with Crippen LogP contribution in [0.25, 0.3) is 22.2 Å². The fourth-order valence-corrected chi connectivity index (χ4v) is 2.60. The number of methoxy groups -OCH3 is 1. The third-order valence-corrected chi connectivity index (χ3v) is 3.89. The lowest BCUT2D eigenvalue weighted by Gasteiger charge is -2.11. The number of esters is 1. The number of fused-ring (bicyclic) bond motifs is 1. The summed E-state index contributed by atoms with van der Waals surface area (Å²) in [6, 6.07) is 13.0. The molecule has 1 heterocycles. The first kappa shape index (κ1) is 17.6. The number of non-ortho nitro benzene ring substituents is 1. The van der Waals surface area contributed by atoms with Gasteiger partial charge in [0.15, 0.2) is 6.61 Å². The van der Waals surface area contributed by atoms with Crippen LogP contribution in [0.3, 0.4) is 0 Å². The maximum absolute atomic E-state index is 11.4. The fourth-order valence-electron chi connectivity index (χ4n) is 2.41. The Bertz CT molecular complexity index is 1010. The Hall–Kier alpha value is -3.19. The highest BCUT2D eigenvalue weighted by Gasteiger charge is 2.15. The van der Waals surface area contributed by atoms with E-state index >= 15 is 0 Å². The van der Waals surface area contributed by atoms with Gasteiger partial charge in [-0.25, -0.2) is 9.78 Å². The number of halogens is 1. The van der Waals surface area contributed by atoms with Gasteiger partial charge in [0.25, 0.3) is 5.69 Å². The molecule has 0 spiro atoms. The number of ether oxygens (including phenoxy) is 2. The van der Waals surface area contributed by atoms with Gasteiger partial charge in [-0.15, -0.1) is 0 Å². The van der Waals surface area contributed by atoms with E-state index in [0.717, 1.165) is 5.56 Å². The van der Waals surface area contributed by atoms with Crippen LogP contribution in [0.4, 0.5) is 5.69 Å². The zero-order chi connectivity index (χ0) is 18.7. The van der Waals surface area contributed by atoms with Crippen LogP contribution >= 0.6 is 11.6 Å². The molecule has 0 aliphatic carbocycles. The summed E-state index contributed by atoms with van der Waals surface area (Å²) in [6.45, 7) is -0.326. The Labute approximate surface area is 153 Å². The molecule has 0 unspecified atom stereocenters. The van der Waals surface area contributed by atoms with Gasteiger partial charge in [0.1, 0.15) is 5.75 Å². The number of carbonyl (C=O) groups excluding carboxylic acids is 1. The highest BCUT2D eigenvalue weighted by atomic mass is 35.5. The Morgan fingerprint density at radius 2 is 2.04 bits per heavy atom. The molecule has 0 amide bonds. The summed E-state index contributed by atoms with van der Waals surface area (Å²) in [6.07, 6.45) is 0. The second-order valence-corrected chi connectivity index (χ2v) is 5.78. The summed E-state index contributed by atoms with van der Waals surface area (Å²) >= 11 is 6.03. The zero-order valence-electron chi connectivity index (χ0n) is 13.6. The van der Waals surface area contributed by atoms with Gasteiger partial charge in [-0.1, -0.05) is 23.7 Å². The molecule has 0 fully saturated rings. The van der Waals surface area contributed by atoms with Crippen molar-refractivity contribution in [2.45, 2.75) is 0 Å². The van der Waals surface area contributed by atoms with Crippen LogP contribution in [-0.2, 0) is 9.53 Å². The molecule has 132 valence electrons. The van der Waals surface area contributed by atoms with Crippen molar-refractivity contribution < 1.29 is 19.2 Å². The highest BCUT2D eigenvalue weighted by Crippen LogP contribution is 2.33. The first-order chi connectivity index (χ1) is 12.5. The summed E-state index contributed by atoms with van der Waals surface area (Å²) in [7, 11) is 1.25. The normalized spacial score (nSPS) is 10.5. The number of hydrogen-bond donors (Lipinski definition) is 0. The standard InChI is InChI=1S/C18H13ClN2O5/c1-25-18(22)10-26-17-9-16(11-3-2-4-12(19)7-11)20-15-6-5-13(21(23)24)8-14(15)17/h2-9H,10H2,1H3. The Kier molecular flexibility index (Phi) is 4.99. The smallest absolute Gasteiger partial charge is 0.343 e. The molecule has 3 aromatic rings. The van der Waals surface area contributed by atoms with E-state index in [9.17, 15) is 14.9 Å². The van der Waals surface area contributed by atoms with Crippen molar-refractivity contribution in [2.24, 2.45) is 0 Å². The maximum Gasteiger partial charge on any atom is 0.343 e. The monoisotopic (exact) mass is 372 g/mol. The number of pyridine rings is 1. The number of nitrogens with zero attached hydrogens (tertiary/aromatic N) is 2. The summed E-state index contributed by atoms with van der Waals surface area (Å²) in [5.74, 6) is -0.274. The van der Waals surface area contributed by atoms with E-state index in [0.29, 0.717) is 27.4 Å². The number of hydrogen-bond acceptors (Lipinski definition) is 6. The second-order valence-electron chi connectivity index (χ2n) is 5.34. The molecule has 26 heavy (non-hydrogen) atoms. The quantitative estimate of drug-likeness (QED) is 0.381. The molecular weight excluding hydrogens is 360 g/mol. The van der Waals surface area contributed by atoms with Crippen molar-refractivity contribution in [2.75, 3.05) is 13.7 Å². The lowest BCUT2D eigenvalue weighted by Crippen LogP contribution is -2.12. The van der Waals surface area contributed by atoms with Gasteiger partial charge in [-0.2, -0.15) is 0 Å². The number of carbonyl (C=O) groups is 1. The third kappa shape index (κ3) is 3.73. The number of nitro benzene ring substituents is 1. The number of benzene rings is 2. The molecule has 0 radical (unpaired) electrons. The van der Waals surface area contributed by atoms with Crippen molar-refractivity contribution in [3.8, 4) is 17.0 Å². The highest BCUT2D eigenvalue weighted by molar-refractivity contribution is 6.30. The fraction of sp³-hybridized carbons (Fsp3) is 0.111. The minimum atomic E-state index is -0.565. The summed E-state index contributed by atoms with van der Waals surface area (Å²) in [5, 5.41) is 12.0. The van der Waals surface area contributed by atoms with Crippen molar-refractivity contribution >= 4 is 34.2 Å². The van der Waals surface area contributed by atoms with Crippen LogP contribution in [0.2, 0.25) is 5.02 Å². The summed E-state index contributed by atoms with van der Waals surface area (Å²) in [5.41, 5.74) is 1.71. The number of nitro groups is 1. The largest absolute Gasteiger partial charge is 0.481 e. The van der Waals surface area contributed by atoms with Crippen molar-refractivity contribution in [1.82, 2.24) is 4.98 Å². The molecule has 0 saturated heterocycles.